The van der Waals surface area contributed by atoms with E-state index in [9.17, 15) is 9.59 Å². The van der Waals surface area contributed by atoms with Gasteiger partial charge in [0.05, 0.1) is 7.85 Å². The highest BCUT2D eigenvalue weighted by atomic mass is 16.2. The summed E-state index contributed by atoms with van der Waals surface area (Å²) in [6.45, 7) is 0. The molecular weight excluding hydrogens is 131 g/mol. The van der Waals surface area contributed by atoms with Gasteiger partial charge in [-0.05, 0) is 6.42 Å². The highest BCUT2D eigenvalue weighted by Crippen LogP contribution is 1.99. The lowest BCUT2D eigenvalue weighted by molar-refractivity contribution is -0.120. The number of urea groups is 1. The minimum atomic E-state index is -0.427. The summed E-state index contributed by atoms with van der Waals surface area (Å²) in [7, 11) is 5.18. The molecule has 1 fully saturated rings. The van der Waals surface area contributed by atoms with Gasteiger partial charge in [0.15, 0.2) is 0 Å². The van der Waals surface area contributed by atoms with Gasteiger partial charge in [-0.3, -0.25) is 10.1 Å². The van der Waals surface area contributed by atoms with E-state index in [0.717, 1.165) is 0 Å². The number of carbonyl (C=O) groups is 2. The molecule has 1 atom stereocenters. The number of hydrogen-bond acceptors (Lipinski definition) is 2. The Morgan fingerprint density at radius 1 is 1.50 bits per heavy atom. The summed E-state index contributed by atoms with van der Waals surface area (Å²) in [4.78, 5) is 21.2. The Labute approximate surface area is 59.8 Å². The molecule has 1 heterocycles. The number of nitrogens with one attached hydrogen (secondary N) is 2. The average Bonchev–Trinajstić information content (AvgIpc) is 2.13. The zero-order valence-corrected chi connectivity index (χ0v) is 5.39. The summed E-state index contributed by atoms with van der Waals surface area (Å²) in [5.41, 5.74) is 0. The highest BCUT2D eigenvalue weighted by molar-refractivity contribution is 6.09. The van der Waals surface area contributed by atoms with E-state index < -0.39 is 12.1 Å². The van der Waals surface area contributed by atoms with Crippen LogP contribution in [-0.4, -0.2) is 25.8 Å². The van der Waals surface area contributed by atoms with Gasteiger partial charge in [0.1, 0.15) is 6.04 Å². The van der Waals surface area contributed by atoms with Crippen molar-refractivity contribution in [1.29, 1.82) is 0 Å². The van der Waals surface area contributed by atoms with Crippen molar-refractivity contribution in [2.45, 2.75) is 18.8 Å². The molecule has 5 heteroatoms. The maximum Gasteiger partial charge on any atom is 0.322 e. The van der Waals surface area contributed by atoms with Crippen molar-refractivity contribution >= 4 is 19.8 Å². The molecule has 1 aliphatic heterocycles. The van der Waals surface area contributed by atoms with Gasteiger partial charge in [-0.2, -0.15) is 0 Å². The minimum absolute atomic E-state index is 0.282. The molecule has 0 aromatic carbocycles. The largest absolute Gasteiger partial charge is 0.326 e. The second kappa shape index (κ2) is 2.73. The molecule has 10 heavy (non-hydrogen) atoms. The predicted molar refractivity (Wildman–Crippen MR) is 35.6 cm³/mol. The van der Waals surface area contributed by atoms with Gasteiger partial charge < -0.3 is 5.32 Å². The van der Waals surface area contributed by atoms with Crippen LogP contribution < -0.4 is 10.6 Å². The van der Waals surface area contributed by atoms with Gasteiger partial charge in [0.25, 0.3) is 5.91 Å². The molecule has 0 aromatic rings. The average molecular weight is 138 g/mol. The smallest absolute Gasteiger partial charge is 0.322 e. The summed E-state index contributed by atoms with van der Waals surface area (Å²) >= 11 is 0. The minimum Gasteiger partial charge on any atom is -0.326 e. The molecule has 2 N–H and O–H groups in total. The molecule has 3 amide bonds. The van der Waals surface area contributed by atoms with Gasteiger partial charge in [-0.25, -0.2) is 4.79 Å². The molecule has 0 aromatic heterocycles. The Morgan fingerprint density at radius 3 is 2.60 bits per heavy atom. The predicted octanol–water partition coefficient (Wildman–Crippen LogP) is -0.829. The van der Waals surface area contributed by atoms with Gasteiger partial charge in [-0.1, -0.05) is 6.32 Å². The van der Waals surface area contributed by atoms with Crippen molar-refractivity contribution in [3.05, 3.63) is 0 Å². The van der Waals surface area contributed by atoms with E-state index >= 15 is 0 Å². The van der Waals surface area contributed by atoms with Crippen molar-refractivity contribution < 1.29 is 9.59 Å². The fraction of sp³-hybridized carbons (Fsp3) is 0.600. The number of rotatable bonds is 2. The third kappa shape index (κ3) is 1.29. The van der Waals surface area contributed by atoms with Crippen molar-refractivity contribution in [3.63, 3.8) is 0 Å². The zero-order chi connectivity index (χ0) is 7.56. The van der Waals surface area contributed by atoms with Crippen molar-refractivity contribution in [3.8, 4) is 0 Å². The summed E-state index contributed by atoms with van der Waals surface area (Å²) < 4.78 is 0. The van der Waals surface area contributed by atoms with E-state index in [1.807, 2.05) is 0 Å². The van der Waals surface area contributed by atoms with Crippen LogP contribution in [0.5, 0.6) is 0 Å². The van der Waals surface area contributed by atoms with Crippen LogP contribution >= 0.6 is 0 Å². The van der Waals surface area contributed by atoms with Crippen LogP contribution in [-0.2, 0) is 4.79 Å². The topological polar surface area (TPSA) is 58.2 Å². The van der Waals surface area contributed by atoms with E-state index in [-0.39, 0.29) is 5.91 Å². The van der Waals surface area contributed by atoms with Crippen LogP contribution in [0.2, 0.25) is 6.32 Å². The summed E-state index contributed by atoms with van der Waals surface area (Å²) in [6, 6.07) is -0.846. The first kappa shape index (κ1) is 7.12. The second-order valence-corrected chi connectivity index (χ2v) is 2.09. The van der Waals surface area contributed by atoms with E-state index in [2.05, 4.69) is 10.6 Å². The molecule has 0 aliphatic carbocycles. The Bertz CT molecular complexity index is 171. The third-order valence-electron chi connectivity index (χ3n) is 1.31. The summed E-state index contributed by atoms with van der Waals surface area (Å²) in [5.74, 6) is -0.282. The molecule has 1 rings (SSSR count). The lowest BCUT2D eigenvalue weighted by atomic mass is 9.98. The molecule has 1 aliphatic rings. The van der Waals surface area contributed by atoms with Gasteiger partial charge in [0, 0.05) is 0 Å². The number of hydrogen-bond donors (Lipinski definition) is 2. The molecule has 1 saturated heterocycles. The summed E-state index contributed by atoms with van der Waals surface area (Å²) in [5, 5.41) is 4.53. The highest BCUT2D eigenvalue weighted by Gasteiger charge is 2.27. The Morgan fingerprint density at radius 2 is 2.20 bits per heavy atom. The van der Waals surface area contributed by atoms with Crippen LogP contribution in [0.4, 0.5) is 4.79 Å². The van der Waals surface area contributed by atoms with Crippen molar-refractivity contribution in [2.24, 2.45) is 0 Å². The molecule has 4 nitrogen and oxygen atoms in total. The van der Waals surface area contributed by atoms with E-state index in [0.29, 0.717) is 12.7 Å². The van der Waals surface area contributed by atoms with Crippen molar-refractivity contribution in [1.82, 2.24) is 10.6 Å². The first-order valence-corrected chi connectivity index (χ1v) is 3.05. The third-order valence-corrected chi connectivity index (χ3v) is 1.31. The fourth-order valence-electron chi connectivity index (χ4n) is 0.829. The number of imide groups is 1. The molecule has 2 radical (unpaired) electrons. The Kier molecular flexibility index (Phi) is 1.94. The van der Waals surface area contributed by atoms with Gasteiger partial charge in [-0.15, -0.1) is 0 Å². The Balaban J connectivity index is 2.46. The first-order chi connectivity index (χ1) is 4.74. The molecular formula is C5H7BN2O2. The maximum absolute atomic E-state index is 10.7. The monoisotopic (exact) mass is 138 g/mol. The molecule has 0 saturated carbocycles. The van der Waals surface area contributed by atoms with Crippen LogP contribution in [0.3, 0.4) is 0 Å². The van der Waals surface area contributed by atoms with E-state index in [1.165, 1.54) is 0 Å². The standard InChI is InChI=1S/C5H7BN2O2/c6-2-1-3-4(9)8-5(10)7-3/h3H,1-2H2,(H2,7,8,9,10). The molecule has 0 bridgehead atoms. The molecule has 1 unspecified atom stereocenters. The number of carbonyl (C=O) groups excluding carboxylic acids is 2. The fourth-order valence-corrected chi connectivity index (χ4v) is 0.829. The molecule has 0 spiro atoms. The van der Waals surface area contributed by atoms with Gasteiger partial charge >= 0.3 is 6.03 Å². The van der Waals surface area contributed by atoms with E-state index in [1.54, 1.807) is 0 Å². The SMILES string of the molecule is [B]CCC1NC(=O)NC1=O. The normalized spacial score (nSPS) is 24.2. The first-order valence-electron chi connectivity index (χ1n) is 3.05. The zero-order valence-electron chi connectivity index (χ0n) is 5.39. The second-order valence-electron chi connectivity index (χ2n) is 2.09. The maximum atomic E-state index is 10.7. The van der Waals surface area contributed by atoms with Crippen LogP contribution in [0, 0.1) is 0 Å². The summed E-state index contributed by atoms with van der Waals surface area (Å²) in [6.07, 6.45) is 0.899. The lowest BCUT2D eigenvalue weighted by Gasteiger charge is -2.02. The van der Waals surface area contributed by atoms with E-state index in [4.69, 9.17) is 7.85 Å². The number of amides is 3. The lowest BCUT2D eigenvalue weighted by Crippen LogP contribution is -2.28. The quantitative estimate of drug-likeness (QED) is 0.386. The van der Waals surface area contributed by atoms with Crippen molar-refractivity contribution in [2.75, 3.05) is 0 Å². The van der Waals surface area contributed by atoms with Crippen LogP contribution in [0.25, 0.3) is 0 Å². The Hall–Kier alpha value is -0.995. The molecule has 52 valence electrons. The van der Waals surface area contributed by atoms with Crippen LogP contribution in [0.1, 0.15) is 6.42 Å². The van der Waals surface area contributed by atoms with Crippen LogP contribution in [0.15, 0.2) is 0 Å². The van der Waals surface area contributed by atoms with Gasteiger partial charge in [0.2, 0.25) is 0 Å².